The molecule has 0 aromatic carbocycles. The average molecular weight is 934 g/mol. The van der Waals surface area contributed by atoms with Gasteiger partial charge in [0.25, 0.3) is 0 Å². The molecule has 6 heteroatoms. The van der Waals surface area contributed by atoms with Crippen molar-refractivity contribution in [2.45, 2.75) is 348 Å². The van der Waals surface area contributed by atoms with Crippen LogP contribution in [0.5, 0.6) is 0 Å². The molecule has 6 nitrogen and oxygen atoms in total. The van der Waals surface area contributed by atoms with Gasteiger partial charge in [0.2, 0.25) is 0 Å². The number of rotatable bonds is 55. The second-order valence-corrected chi connectivity index (χ2v) is 21.1. The number of ether oxygens (including phenoxy) is 3. The van der Waals surface area contributed by atoms with Gasteiger partial charge in [-0.15, -0.1) is 0 Å². The summed E-state index contributed by atoms with van der Waals surface area (Å²) in [6.07, 6.45) is 59.5. The molecule has 0 N–H and O–H groups in total. The van der Waals surface area contributed by atoms with Crippen molar-refractivity contribution in [3.8, 4) is 0 Å². The quantitative estimate of drug-likeness (QED) is 0.0343. The smallest absolute Gasteiger partial charge is 0.306 e. The molecule has 0 bridgehead atoms. The van der Waals surface area contributed by atoms with E-state index in [1.54, 1.807) is 0 Å². The Balaban J connectivity index is 4.28. The molecule has 392 valence electrons. The third-order valence-corrected chi connectivity index (χ3v) is 13.8. The second-order valence-electron chi connectivity index (χ2n) is 21.1. The summed E-state index contributed by atoms with van der Waals surface area (Å²) in [4.78, 5) is 38.2. The lowest BCUT2D eigenvalue weighted by atomic mass is 10.0. The van der Waals surface area contributed by atoms with E-state index in [1.807, 2.05) is 0 Å². The van der Waals surface area contributed by atoms with Crippen LogP contribution in [0, 0.1) is 5.92 Å². The van der Waals surface area contributed by atoms with Gasteiger partial charge in [-0.3, -0.25) is 14.4 Å². The monoisotopic (exact) mass is 933 g/mol. The minimum Gasteiger partial charge on any atom is -0.462 e. The van der Waals surface area contributed by atoms with Gasteiger partial charge in [-0.1, -0.05) is 304 Å². The minimum atomic E-state index is -0.762. The SMILES string of the molecule is CCCCCCCCCCCCCCCCCCCC(=O)OC[C@H](COC(=O)CCCCCCCCCCCCCCCCC(C)C)OC(=O)CCCCCCCCCCCCCCCC. The Kier molecular flexibility index (Phi) is 53.0. The molecular weight excluding hydrogens is 817 g/mol. The summed E-state index contributed by atoms with van der Waals surface area (Å²) in [5.74, 6) is 0.0126. The van der Waals surface area contributed by atoms with Crippen molar-refractivity contribution in [3.63, 3.8) is 0 Å². The van der Waals surface area contributed by atoms with Crippen LogP contribution >= 0.6 is 0 Å². The number of hydrogen-bond acceptors (Lipinski definition) is 6. The zero-order valence-electron chi connectivity index (χ0n) is 45.2. The summed E-state index contributed by atoms with van der Waals surface area (Å²) < 4.78 is 16.9. The standard InChI is InChI=1S/C60H116O6/c1-5-7-9-11-13-15-17-19-21-22-23-28-31-35-39-43-47-51-58(61)64-54-57(66-60(63)53-49-45-41-37-33-27-20-18-16-14-12-10-8-6-2)55-65-59(62)52-48-44-40-36-32-29-25-24-26-30-34-38-42-46-50-56(3)4/h56-57H,5-55H2,1-4H3/t57-/m1/s1. The molecule has 0 aromatic rings. The molecule has 0 saturated carbocycles. The second kappa shape index (κ2) is 54.4. The molecule has 0 fully saturated rings. The highest BCUT2D eigenvalue weighted by Crippen LogP contribution is 2.18. The topological polar surface area (TPSA) is 78.9 Å². The van der Waals surface area contributed by atoms with Crippen LogP contribution in [0.2, 0.25) is 0 Å². The molecule has 1 atom stereocenters. The van der Waals surface area contributed by atoms with Gasteiger partial charge in [0.15, 0.2) is 6.10 Å². The number of hydrogen-bond donors (Lipinski definition) is 0. The van der Waals surface area contributed by atoms with Gasteiger partial charge < -0.3 is 14.2 Å². The predicted octanol–water partition coefficient (Wildman–Crippen LogP) is 19.8. The van der Waals surface area contributed by atoms with E-state index in [2.05, 4.69) is 27.7 Å². The third kappa shape index (κ3) is 53.4. The number of esters is 3. The molecule has 0 heterocycles. The van der Waals surface area contributed by atoms with Crippen LogP contribution < -0.4 is 0 Å². The van der Waals surface area contributed by atoms with Crippen LogP contribution in [-0.4, -0.2) is 37.2 Å². The molecule has 0 aliphatic rings. The van der Waals surface area contributed by atoms with Gasteiger partial charge in [0.1, 0.15) is 13.2 Å². The first-order valence-corrected chi connectivity index (χ1v) is 29.9. The molecule has 0 radical (unpaired) electrons. The van der Waals surface area contributed by atoms with E-state index >= 15 is 0 Å². The van der Waals surface area contributed by atoms with E-state index < -0.39 is 6.10 Å². The van der Waals surface area contributed by atoms with Crippen molar-refractivity contribution in [3.05, 3.63) is 0 Å². The van der Waals surface area contributed by atoms with Gasteiger partial charge in [-0.05, 0) is 25.2 Å². The molecule has 0 saturated heterocycles. The van der Waals surface area contributed by atoms with Crippen molar-refractivity contribution in [1.82, 2.24) is 0 Å². The Bertz CT molecular complexity index is 996. The Hall–Kier alpha value is -1.59. The first-order valence-electron chi connectivity index (χ1n) is 29.9. The van der Waals surface area contributed by atoms with Crippen LogP contribution in [0.15, 0.2) is 0 Å². The Labute approximate surface area is 412 Å². The Morgan fingerprint density at radius 3 is 0.742 bits per heavy atom. The highest BCUT2D eigenvalue weighted by atomic mass is 16.6. The lowest BCUT2D eigenvalue weighted by molar-refractivity contribution is -0.167. The lowest BCUT2D eigenvalue weighted by Crippen LogP contribution is -2.30. The normalized spacial score (nSPS) is 12.0. The van der Waals surface area contributed by atoms with Crippen LogP contribution in [0.1, 0.15) is 342 Å². The van der Waals surface area contributed by atoms with Crippen LogP contribution in [0.25, 0.3) is 0 Å². The fourth-order valence-electron chi connectivity index (χ4n) is 9.28. The molecule has 0 unspecified atom stereocenters. The Morgan fingerprint density at radius 1 is 0.288 bits per heavy atom. The highest BCUT2D eigenvalue weighted by Gasteiger charge is 2.19. The van der Waals surface area contributed by atoms with Crippen molar-refractivity contribution in [2.75, 3.05) is 13.2 Å². The molecular formula is C60H116O6. The van der Waals surface area contributed by atoms with E-state index in [-0.39, 0.29) is 31.1 Å². The maximum Gasteiger partial charge on any atom is 0.306 e. The van der Waals surface area contributed by atoms with Gasteiger partial charge in [0.05, 0.1) is 0 Å². The molecule has 0 spiro atoms. The fraction of sp³-hybridized carbons (Fsp3) is 0.950. The average Bonchev–Trinajstić information content (AvgIpc) is 3.30. The summed E-state index contributed by atoms with van der Waals surface area (Å²) in [6, 6.07) is 0. The van der Waals surface area contributed by atoms with Gasteiger partial charge in [-0.2, -0.15) is 0 Å². The lowest BCUT2D eigenvalue weighted by Gasteiger charge is -2.18. The van der Waals surface area contributed by atoms with E-state index in [0.717, 1.165) is 63.7 Å². The summed E-state index contributed by atoms with van der Waals surface area (Å²) in [6.45, 7) is 9.07. The van der Waals surface area contributed by atoms with E-state index in [0.29, 0.717) is 19.3 Å². The fourth-order valence-corrected chi connectivity index (χ4v) is 9.28. The van der Waals surface area contributed by atoms with E-state index in [4.69, 9.17) is 14.2 Å². The van der Waals surface area contributed by atoms with Crippen molar-refractivity contribution < 1.29 is 28.6 Å². The van der Waals surface area contributed by atoms with Crippen molar-refractivity contribution in [2.24, 2.45) is 5.92 Å². The first-order chi connectivity index (χ1) is 32.4. The maximum absolute atomic E-state index is 12.8. The van der Waals surface area contributed by atoms with E-state index in [9.17, 15) is 14.4 Å². The molecule has 0 aliphatic heterocycles. The molecule has 0 aliphatic carbocycles. The van der Waals surface area contributed by atoms with Crippen LogP contribution in [0.3, 0.4) is 0 Å². The first kappa shape index (κ1) is 64.4. The zero-order valence-corrected chi connectivity index (χ0v) is 45.2. The highest BCUT2D eigenvalue weighted by molar-refractivity contribution is 5.71. The molecule has 0 rings (SSSR count). The molecule has 0 aromatic heterocycles. The summed E-state index contributed by atoms with van der Waals surface area (Å²) in [5, 5.41) is 0. The van der Waals surface area contributed by atoms with Crippen LogP contribution in [-0.2, 0) is 28.6 Å². The third-order valence-electron chi connectivity index (χ3n) is 13.8. The summed E-state index contributed by atoms with van der Waals surface area (Å²) in [7, 11) is 0. The molecule has 0 amide bonds. The number of carbonyl (C=O) groups is 3. The summed E-state index contributed by atoms with van der Waals surface area (Å²) in [5.41, 5.74) is 0. The van der Waals surface area contributed by atoms with E-state index in [1.165, 1.54) is 238 Å². The Morgan fingerprint density at radius 2 is 0.500 bits per heavy atom. The number of carbonyl (C=O) groups excluding carboxylic acids is 3. The van der Waals surface area contributed by atoms with Gasteiger partial charge in [-0.25, -0.2) is 0 Å². The predicted molar refractivity (Wildman–Crippen MR) is 284 cm³/mol. The molecule has 66 heavy (non-hydrogen) atoms. The number of unbranched alkanes of at least 4 members (excludes halogenated alkanes) is 42. The summed E-state index contributed by atoms with van der Waals surface area (Å²) >= 11 is 0. The minimum absolute atomic E-state index is 0.0615. The van der Waals surface area contributed by atoms with Gasteiger partial charge >= 0.3 is 17.9 Å². The van der Waals surface area contributed by atoms with Crippen molar-refractivity contribution in [1.29, 1.82) is 0 Å². The van der Waals surface area contributed by atoms with Gasteiger partial charge in [0, 0.05) is 19.3 Å². The van der Waals surface area contributed by atoms with Crippen LogP contribution in [0.4, 0.5) is 0 Å². The zero-order chi connectivity index (χ0) is 48.1. The van der Waals surface area contributed by atoms with Crippen molar-refractivity contribution >= 4 is 17.9 Å². The maximum atomic E-state index is 12.8. The largest absolute Gasteiger partial charge is 0.462 e.